The molecular formula is C7H10F3N3S. The van der Waals surface area contributed by atoms with Crippen LogP contribution >= 0.6 is 11.3 Å². The lowest BCUT2D eigenvalue weighted by Crippen LogP contribution is -2.27. The van der Waals surface area contributed by atoms with Crippen molar-refractivity contribution in [2.75, 3.05) is 19.0 Å². The van der Waals surface area contributed by atoms with Crippen molar-refractivity contribution in [3.05, 3.63) is 11.1 Å². The van der Waals surface area contributed by atoms with E-state index in [1.807, 2.05) is 0 Å². The predicted molar refractivity (Wildman–Crippen MR) is 49.4 cm³/mol. The maximum atomic E-state index is 12.2. The Labute approximate surface area is 83.3 Å². The third-order valence-electron chi connectivity index (χ3n) is 1.55. The number of hydrogen-bond acceptors (Lipinski definition) is 4. The molecule has 0 saturated carbocycles. The summed E-state index contributed by atoms with van der Waals surface area (Å²) in [7, 11) is 3.42. The zero-order chi connectivity index (χ0) is 10.9. The van der Waals surface area contributed by atoms with Crippen LogP contribution in [0.5, 0.6) is 0 Å². The molecule has 0 fully saturated rings. The highest BCUT2D eigenvalue weighted by atomic mass is 32.1. The van der Waals surface area contributed by atoms with E-state index in [9.17, 15) is 13.2 Å². The largest absolute Gasteiger partial charge is 0.408 e. The number of nitrogens with zero attached hydrogens (tertiary/aromatic N) is 2. The first-order valence-corrected chi connectivity index (χ1v) is 4.59. The van der Waals surface area contributed by atoms with Crippen LogP contribution in [-0.2, 0) is 0 Å². The summed E-state index contributed by atoms with van der Waals surface area (Å²) in [6, 6.07) is -1.94. The first-order valence-electron chi connectivity index (χ1n) is 3.77. The van der Waals surface area contributed by atoms with Crippen molar-refractivity contribution < 1.29 is 13.2 Å². The fourth-order valence-electron chi connectivity index (χ4n) is 0.789. The summed E-state index contributed by atoms with van der Waals surface area (Å²) in [4.78, 5) is 5.48. The molecule has 1 unspecified atom stereocenters. The third kappa shape index (κ3) is 2.36. The van der Waals surface area contributed by atoms with Gasteiger partial charge in [0.05, 0.1) is 4.88 Å². The van der Waals surface area contributed by atoms with E-state index < -0.39 is 12.2 Å². The smallest absolute Gasteiger partial charge is 0.354 e. The quantitative estimate of drug-likeness (QED) is 0.834. The standard InChI is InChI=1S/C7H10F3N3S/c1-13(2)6-12-3-4(14-6)5(11)7(8,9)10/h3,5H,11H2,1-2H3. The number of nitrogens with two attached hydrogens (primary N) is 1. The number of aromatic nitrogens is 1. The minimum absolute atomic E-state index is 0.0289. The second kappa shape index (κ2) is 3.74. The maximum Gasteiger partial charge on any atom is 0.408 e. The molecule has 14 heavy (non-hydrogen) atoms. The van der Waals surface area contributed by atoms with Crippen molar-refractivity contribution in [1.82, 2.24) is 4.98 Å². The molecule has 1 rings (SSSR count). The number of halogens is 3. The summed E-state index contributed by atoms with van der Waals surface area (Å²) in [6.45, 7) is 0. The van der Waals surface area contributed by atoms with E-state index in [4.69, 9.17) is 5.73 Å². The van der Waals surface area contributed by atoms with E-state index in [1.54, 1.807) is 19.0 Å². The normalized spacial score (nSPS) is 14.1. The van der Waals surface area contributed by atoms with Gasteiger partial charge in [0, 0.05) is 20.3 Å². The average molecular weight is 225 g/mol. The highest BCUT2D eigenvalue weighted by Gasteiger charge is 2.39. The van der Waals surface area contributed by atoms with Crippen molar-refractivity contribution in [3.8, 4) is 0 Å². The number of alkyl halides is 3. The number of rotatable bonds is 2. The van der Waals surface area contributed by atoms with Gasteiger partial charge in [-0.15, -0.1) is 0 Å². The number of anilines is 1. The highest BCUT2D eigenvalue weighted by molar-refractivity contribution is 7.15. The van der Waals surface area contributed by atoms with Crippen LogP contribution in [0, 0.1) is 0 Å². The summed E-state index contributed by atoms with van der Waals surface area (Å²) >= 11 is 0.946. The molecule has 0 aliphatic heterocycles. The van der Waals surface area contributed by atoms with Gasteiger partial charge in [0.25, 0.3) is 0 Å². The van der Waals surface area contributed by atoms with Crippen LogP contribution in [0.3, 0.4) is 0 Å². The van der Waals surface area contributed by atoms with Crippen LogP contribution in [0.2, 0.25) is 0 Å². The predicted octanol–water partition coefficient (Wildman–Crippen LogP) is 1.77. The lowest BCUT2D eigenvalue weighted by atomic mass is 10.3. The Hall–Kier alpha value is -0.820. The minimum Gasteiger partial charge on any atom is -0.354 e. The van der Waals surface area contributed by atoms with Gasteiger partial charge in [-0.1, -0.05) is 11.3 Å². The molecule has 1 heterocycles. The van der Waals surface area contributed by atoms with Crippen molar-refractivity contribution in [1.29, 1.82) is 0 Å². The molecule has 7 heteroatoms. The minimum atomic E-state index is -4.41. The zero-order valence-corrected chi connectivity index (χ0v) is 8.49. The molecule has 0 spiro atoms. The first kappa shape index (κ1) is 11.3. The van der Waals surface area contributed by atoms with Gasteiger partial charge in [0.1, 0.15) is 6.04 Å². The molecule has 2 N–H and O–H groups in total. The lowest BCUT2D eigenvalue weighted by molar-refractivity contribution is -0.148. The Morgan fingerprint density at radius 3 is 2.43 bits per heavy atom. The molecule has 0 radical (unpaired) electrons. The molecule has 0 aliphatic carbocycles. The molecule has 1 aromatic rings. The van der Waals surface area contributed by atoms with Gasteiger partial charge < -0.3 is 10.6 Å². The summed E-state index contributed by atoms with van der Waals surface area (Å²) in [5.41, 5.74) is 5.01. The summed E-state index contributed by atoms with van der Waals surface area (Å²) < 4.78 is 36.6. The van der Waals surface area contributed by atoms with E-state index in [1.165, 1.54) is 0 Å². The third-order valence-corrected chi connectivity index (χ3v) is 2.80. The molecular weight excluding hydrogens is 215 g/mol. The van der Waals surface area contributed by atoms with E-state index in [0.29, 0.717) is 5.13 Å². The average Bonchev–Trinajstić information content (AvgIpc) is 2.48. The van der Waals surface area contributed by atoms with Crippen molar-refractivity contribution >= 4 is 16.5 Å². The Morgan fingerprint density at radius 1 is 1.50 bits per heavy atom. The van der Waals surface area contributed by atoms with Crippen molar-refractivity contribution in [2.45, 2.75) is 12.2 Å². The van der Waals surface area contributed by atoms with Gasteiger partial charge in [0.2, 0.25) is 0 Å². The number of hydrogen-bond donors (Lipinski definition) is 1. The topological polar surface area (TPSA) is 42.2 Å². The van der Waals surface area contributed by atoms with Gasteiger partial charge in [0.15, 0.2) is 5.13 Å². The molecule has 1 aromatic heterocycles. The molecule has 0 aliphatic rings. The van der Waals surface area contributed by atoms with Crippen LogP contribution in [0.1, 0.15) is 10.9 Å². The molecule has 1 atom stereocenters. The first-order chi connectivity index (χ1) is 6.32. The number of thiazole rings is 1. The van der Waals surface area contributed by atoms with Crippen LogP contribution in [-0.4, -0.2) is 25.3 Å². The molecule has 80 valence electrons. The van der Waals surface area contributed by atoms with Gasteiger partial charge in [-0.3, -0.25) is 0 Å². The monoisotopic (exact) mass is 225 g/mol. The summed E-state index contributed by atoms with van der Waals surface area (Å²) in [5, 5.41) is 0.514. The molecule has 0 saturated heterocycles. The van der Waals surface area contributed by atoms with Crippen LogP contribution in [0.4, 0.5) is 18.3 Å². The van der Waals surface area contributed by atoms with Gasteiger partial charge in [-0.25, -0.2) is 4.98 Å². The summed E-state index contributed by atoms with van der Waals surface area (Å²) in [5.74, 6) is 0. The molecule has 3 nitrogen and oxygen atoms in total. The van der Waals surface area contributed by atoms with Crippen molar-refractivity contribution in [3.63, 3.8) is 0 Å². The van der Waals surface area contributed by atoms with E-state index in [-0.39, 0.29) is 4.88 Å². The fraction of sp³-hybridized carbons (Fsp3) is 0.571. The van der Waals surface area contributed by atoms with Crippen LogP contribution < -0.4 is 10.6 Å². The Kier molecular flexibility index (Phi) is 3.01. The zero-order valence-electron chi connectivity index (χ0n) is 7.67. The Bertz CT molecular complexity index is 307. The Morgan fingerprint density at radius 2 is 2.07 bits per heavy atom. The van der Waals surface area contributed by atoms with E-state index in [2.05, 4.69) is 4.98 Å². The van der Waals surface area contributed by atoms with Crippen molar-refractivity contribution in [2.24, 2.45) is 5.73 Å². The maximum absolute atomic E-state index is 12.2. The second-order valence-corrected chi connectivity index (χ2v) is 4.00. The van der Waals surface area contributed by atoms with E-state index >= 15 is 0 Å². The van der Waals surface area contributed by atoms with Gasteiger partial charge in [-0.2, -0.15) is 13.2 Å². The van der Waals surface area contributed by atoms with Gasteiger partial charge in [-0.05, 0) is 0 Å². The van der Waals surface area contributed by atoms with E-state index in [0.717, 1.165) is 17.5 Å². The molecule has 0 amide bonds. The SMILES string of the molecule is CN(C)c1ncc(C(N)C(F)(F)F)s1. The van der Waals surface area contributed by atoms with Crippen LogP contribution in [0.15, 0.2) is 6.20 Å². The second-order valence-electron chi connectivity index (χ2n) is 2.96. The van der Waals surface area contributed by atoms with Crippen LogP contribution in [0.25, 0.3) is 0 Å². The molecule has 0 aromatic carbocycles. The molecule has 0 bridgehead atoms. The lowest BCUT2D eigenvalue weighted by Gasteiger charge is -2.12. The fourth-order valence-corrected chi connectivity index (χ4v) is 1.65. The highest BCUT2D eigenvalue weighted by Crippen LogP contribution is 2.34. The summed E-state index contributed by atoms with van der Waals surface area (Å²) in [6.07, 6.45) is -3.24. The van der Waals surface area contributed by atoms with Gasteiger partial charge >= 0.3 is 6.18 Å². The Balaban J connectivity index is 2.87.